The summed E-state index contributed by atoms with van der Waals surface area (Å²) in [4.78, 5) is 1.65. The Balaban J connectivity index is 1.97. The number of fused-ring (bicyclic) bond motifs is 1. The second-order valence-corrected chi connectivity index (χ2v) is 6.50. The molecule has 0 saturated heterocycles. The van der Waals surface area contributed by atoms with Crippen LogP contribution in [-0.4, -0.2) is 4.21 Å². The Morgan fingerprint density at radius 1 is 1.10 bits per heavy atom. The van der Waals surface area contributed by atoms with Crippen molar-refractivity contribution in [2.45, 2.75) is 35.0 Å². The van der Waals surface area contributed by atoms with Gasteiger partial charge in [-0.05, 0) is 54.7 Å². The maximum Gasteiger partial charge on any atom is 0.0849 e. The molecule has 2 aromatic rings. The van der Waals surface area contributed by atoms with Gasteiger partial charge < -0.3 is 0 Å². The van der Waals surface area contributed by atoms with E-state index >= 15 is 0 Å². The summed E-state index contributed by atoms with van der Waals surface area (Å²) in [5.74, 6) is -0.00189. The van der Waals surface area contributed by atoms with E-state index in [0.29, 0.717) is 0 Å². The van der Waals surface area contributed by atoms with Crippen LogP contribution in [0.5, 0.6) is 0 Å². The van der Waals surface area contributed by atoms with E-state index in [1.54, 1.807) is 0 Å². The van der Waals surface area contributed by atoms with Crippen molar-refractivity contribution < 1.29 is 4.21 Å². The highest BCUT2D eigenvalue weighted by molar-refractivity contribution is 7.85. The van der Waals surface area contributed by atoms with Crippen molar-refractivity contribution in [1.82, 2.24) is 0 Å². The van der Waals surface area contributed by atoms with Gasteiger partial charge in [0.15, 0.2) is 0 Å². The molecular formula is C17H15NOS. The number of hydrogen-bond acceptors (Lipinski definition) is 2. The minimum Gasteiger partial charge on any atom is -0.249 e. The monoisotopic (exact) mass is 281 g/mol. The fourth-order valence-electron chi connectivity index (χ4n) is 2.72. The van der Waals surface area contributed by atoms with Crippen molar-refractivity contribution in [3.05, 3.63) is 59.7 Å². The summed E-state index contributed by atoms with van der Waals surface area (Å²) in [7, 11) is -1.14. The summed E-state index contributed by atoms with van der Waals surface area (Å²) in [5.41, 5.74) is 2.30. The summed E-state index contributed by atoms with van der Waals surface area (Å²) in [6.45, 7) is 0. The van der Waals surface area contributed by atoms with Crippen LogP contribution in [0.15, 0.2) is 58.3 Å². The molecule has 0 saturated carbocycles. The van der Waals surface area contributed by atoms with Crippen LogP contribution >= 0.6 is 0 Å². The highest BCUT2D eigenvalue weighted by Gasteiger charge is 2.20. The van der Waals surface area contributed by atoms with Gasteiger partial charge in [-0.15, -0.1) is 0 Å². The van der Waals surface area contributed by atoms with Gasteiger partial charge >= 0.3 is 0 Å². The Hall–Kier alpha value is -1.92. The van der Waals surface area contributed by atoms with Crippen molar-refractivity contribution >= 4 is 10.8 Å². The van der Waals surface area contributed by atoms with Gasteiger partial charge in [0, 0.05) is 9.79 Å². The van der Waals surface area contributed by atoms with Gasteiger partial charge in [-0.2, -0.15) is 5.26 Å². The van der Waals surface area contributed by atoms with Gasteiger partial charge in [0.1, 0.15) is 0 Å². The van der Waals surface area contributed by atoms with Crippen LogP contribution in [0.3, 0.4) is 0 Å². The van der Waals surface area contributed by atoms with E-state index in [4.69, 9.17) is 0 Å². The van der Waals surface area contributed by atoms with Crippen LogP contribution in [0.2, 0.25) is 0 Å². The molecule has 0 heterocycles. The summed E-state index contributed by atoms with van der Waals surface area (Å²) in [6, 6.07) is 17.8. The van der Waals surface area contributed by atoms with Crippen LogP contribution in [-0.2, 0) is 17.2 Å². The molecule has 3 rings (SSSR count). The van der Waals surface area contributed by atoms with Crippen molar-refractivity contribution in [1.29, 1.82) is 5.26 Å². The van der Waals surface area contributed by atoms with Gasteiger partial charge in [-0.1, -0.05) is 24.3 Å². The molecule has 0 spiro atoms. The average Bonchev–Trinajstić information content (AvgIpc) is 2.53. The van der Waals surface area contributed by atoms with Crippen LogP contribution in [0, 0.1) is 11.3 Å². The van der Waals surface area contributed by atoms with Gasteiger partial charge in [0.05, 0.1) is 22.8 Å². The lowest BCUT2D eigenvalue weighted by Crippen LogP contribution is -2.09. The number of rotatable bonds is 2. The lowest BCUT2D eigenvalue weighted by molar-refractivity contribution is 0.634. The largest absolute Gasteiger partial charge is 0.249 e. The number of nitriles is 1. The lowest BCUT2D eigenvalue weighted by Gasteiger charge is -2.20. The molecule has 100 valence electrons. The standard InChI is InChI=1S/C17H15NOS/c18-12-14-6-4-5-13-11-16(9-10-17(13)14)20(19)15-7-2-1-3-8-15/h1-3,7-11,14H,4-6H2. The fourth-order valence-corrected chi connectivity index (χ4v) is 3.84. The Morgan fingerprint density at radius 2 is 1.90 bits per heavy atom. The van der Waals surface area contributed by atoms with E-state index in [1.807, 2.05) is 48.5 Å². The van der Waals surface area contributed by atoms with E-state index in [9.17, 15) is 9.47 Å². The molecule has 3 heteroatoms. The van der Waals surface area contributed by atoms with E-state index in [2.05, 4.69) is 6.07 Å². The second kappa shape index (κ2) is 5.60. The molecule has 0 aliphatic heterocycles. The quantitative estimate of drug-likeness (QED) is 0.840. The number of aryl methyl sites for hydroxylation is 1. The molecule has 2 nitrogen and oxygen atoms in total. The highest BCUT2D eigenvalue weighted by Crippen LogP contribution is 2.32. The van der Waals surface area contributed by atoms with Crippen molar-refractivity contribution in [3.8, 4) is 6.07 Å². The normalized spacial score (nSPS) is 18.9. The van der Waals surface area contributed by atoms with Crippen LogP contribution in [0.1, 0.15) is 29.9 Å². The number of benzene rings is 2. The predicted octanol–water partition coefficient (Wildman–Crippen LogP) is 3.80. The minimum absolute atomic E-state index is 0.00189. The highest BCUT2D eigenvalue weighted by atomic mass is 32.2. The molecular weight excluding hydrogens is 266 g/mol. The molecule has 0 radical (unpaired) electrons. The first-order valence-electron chi connectivity index (χ1n) is 6.79. The van der Waals surface area contributed by atoms with Gasteiger partial charge in [0.2, 0.25) is 0 Å². The first-order chi connectivity index (χ1) is 9.79. The predicted molar refractivity (Wildman–Crippen MR) is 78.9 cm³/mol. The molecule has 0 bridgehead atoms. The second-order valence-electron chi connectivity index (χ2n) is 5.02. The molecule has 2 atom stereocenters. The van der Waals surface area contributed by atoms with Gasteiger partial charge in [-0.3, -0.25) is 0 Å². The summed E-state index contributed by atoms with van der Waals surface area (Å²) < 4.78 is 12.5. The fraction of sp³-hybridized carbons (Fsp3) is 0.235. The molecule has 20 heavy (non-hydrogen) atoms. The molecule has 2 aromatic carbocycles. The number of nitrogens with zero attached hydrogens (tertiary/aromatic N) is 1. The zero-order valence-electron chi connectivity index (χ0n) is 11.1. The summed E-state index contributed by atoms with van der Waals surface area (Å²) >= 11 is 0. The van der Waals surface area contributed by atoms with Gasteiger partial charge in [0.25, 0.3) is 0 Å². The maximum atomic E-state index is 12.5. The van der Waals surface area contributed by atoms with Crippen LogP contribution in [0.4, 0.5) is 0 Å². The van der Waals surface area contributed by atoms with E-state index < -0.39 is 10.8 Å². The Labute approximate surface area is 121 Å². The third-order valence-electron chi connectivity index (χ3n) is 3.76. The molecule has 0 amide bonds. The summed E-state index contributed by atoms with van der Waals surface area (Å²) in [5, 5.41) is 9.18. The van der Waals surface area contributed by atoms with Crippen molar-refractivity contribution in [2.75, 3.05) is 0 Å². The summed E-state index contributed by atoms with van der Waals surface area (Å²) in [6.07, 6.45) is 2.95. The Morgan fingerprint density at radius 3 is 2.65 bits per heavy atom. The molecule has 0 aromatic heterocycles. The average molecular weight is 281 g/mol. The molecule has 0 fully saturated rings. The minimum atomic E-state index is -1.14. The van der Waals surface area contributed by atoms with E-state index in [1.165, 1.54) is 5.56 Å². The third-order valence-corrected chi connectivity index (χ3v) is 5.14. The topological polar surface area (TPSA) is 40.9 Å². The molecule has 2 unspecified atom stereocenters. The number of hydrogen-bond donors (Lipinski definition) is 0. The smallest absolute Gasteiger partial charge is 0.0849 e. The van der Waals surface area contributed by atoms with Crippen LogP contribution < -0.4 is 0 Å². The maximum absolute atomic E-state index is 12.5. The van der Waals surface area contributed by atoms with E-state index in [-0.39, 0.29) is 5.92 Å². The lowest BCUT2D eigenvalue weighted by atomic mass is 9.84. The first-order valence-corrected chi connectivity index (χ1v) is 7.94. The molecule has 0 N–H and O–H groups in total. The molecule has 1 aliphatic rings. The van der Waals surface area contributed by atoms with E-state index in [0.717, 1.165) is 34.6 Å². The zero-order valence-corrected chi connectivity index (χ0v) is 11.9. The Bertz CT molecular complexity index is 688. The SMILES string of the molecule is N#CC1CCCc2cc(S(=O)c3ccccc3)ccc21. The van der Waals surface area contributed by atoms with Crippen molar-refractivity contribution in [2.24, 2.45) is 0 Å². The Kier molecular flexibility index (Phi) is 3.66. The molecule has 1 aliphatic carbocycles. The zero-order chi connectivity index (χ0) is 13.9. The van der Waals surface area contributed by atoms with Gasteiger partial charge in [-0.25, -0.2) is 4.21 Å². The first kappa shape index (κ1) is 13.1. The third kappa shape index (κ3) is 2.39. The van der Waals surface area contributed by atoms with Crippen molar-refractivity contribution in [3.63, 3.8) is 0 Å². The van der Waals surface area contributed by atoms with Crippen LogP contribution in [0.25, 0.3) is 0 Å².